The molecule has 1 aliphatic carbocycles. The van der Waals surface area contributed by atoms with Gasteiger partial charge in [-0.25, -0.2) is 0 Å². The molecule has 0 radical (unpaired) electrons. The summed E-state index contributed by atoms with van der Waals surface area (Å²) in [7, 11) is 0. The molecule has 1 aromatic rings. The van der Waals surface area contributed by atoms with Crippen LogP contribution >= 0.6 is 0 Å². The maximum Gasteiger partial charge on any atom is 0.303 e. The normalized spacial score (nSPS) is 26.1. The highest BCUT2D eigenvalue weighted by molar-refractivity contribution is 5.69. The van der Waals surface area contributed by atoms with E-state index in [0.717, 1.165) is 5.56 Å². The molecular formula is C13H14O4. The molecule has 4 heteroatoms. The number of hydrogen-bond donors (Lipinski definition) is 0. The molecule has 0 bridgehead atoms. The van der Waals surface area contributed by atoms with Crippen molar-refractivity contribution in [3.63, 3.8) is 0 Å². The van der Waals surface area contributed by atoms with Crippen LogP contribution in [0.25, 0.3) is 0 Å². The van der Waals surface area contributed by atoms with Gasteiger partial charge in [0, 0.05) is 20.3 Å². The molecule has 1 saturated carbocycles. The summed E-state index contributed by atoms with van der Waals surface area (Å²) in [5.74, 6) is -0.733. The standard InChI is InChI=1S/C13H14O4/c1-9(14)16-12-8-13(12,17-10(2)15)11-6-4-3-5-7-11/h3-7,12H,8H2,1-2H3/t12-,13-/m1/s1. The molecule has 0 aliphatic heterocycles. The number of carbonyl (C=O) groups is 2. The van der Waals surface area contributed by atoms with Crippen molar-refractivity contribution in [3.05, 3.63) is 35.9 Å². The number of esters is 2. The van der Waals surface area contributed by atoms with Crippen molar-refractivity contribution in [1.82, 2.24) is 0 Å². The van der Waals surface area contributed by atoms with E-state index < -0.39 is 5.60 Å². The Morgan fingerprint density at radius 2 is 1.82 bits per heavy atom. The smallest absolute Gasteiger partial charge is 0.303 e. The molecule has 0 amide bonds. The van der Waals surface area contributed by atoms with Gasteiger partial charge in [-0.15, -0.1) is 0 Å². The predicted molar refractivity (Wildman–Crippen MR) is 60.1 cm³/mol. The van der Waals surface area contributed by atoms with Gasteiger partial charge < -0.3 is 9.47 Å². The third-order valence-corrected chi connectivity index (χ3v) is 2.75. The zero-order valence-electron chi connectivity index (χ0n) is 9.80. The van der Waals surface area contributed by atoms with E-state index in [1.165, 1.54) is 13.8 Å². The molecule has 0 saturated heterocycles. The van der Waals surface area contributed by atoms with Gasteiger partial charge in [0.1, 0.15) is 0 Å². The minimum absolute atomic E-state index is 0.361. The summed E-state index contributed by atoms with van der Waals surface area (Å²) >= 11 is 0. The summed E-state index contributed by atoms with van der Waals surface area (Å²) < 4.78 is 10.4. The Morgan fingerprint density at radius 3 is 2.35 bits per heavy atom. The lowest BCUT2D eigenvalue weighted by Crippen LogP contribution is -2.22. The van der Waals surface area contributed by atoms with Crippen LogP contribution in [0.4, 0.5) is 0 Å². The highest BCUT2D eigenvalue weighted by atomic mass is 16.6. The van der Waals surface area contributed by atoms with Crippen molar-refractivity contribution in [2.45, 2.75) is 32.0 Å². The van der Waals surface area contributed by atoms with Gasteiger partial charge in [-0.2, -0.15) is 0 Å². The number of rotatable bonds is 3. The second kappa shape index (κ2) is 4.20. The molecule has 0 aromatic heterocycles. The number of hydrogen-bond acceptors (Lipinski definition) is 4. The third kappa shape index (κ3) is 2.30. The fourth-order valence-corrected chi connectivity index (χ4v) is 2.00. The van der Waals surface area contributed by atoms with Crippen molar-refractivity contribution in [3.8, 4) is 0 Å². The molecular weight excluding hydrogens is 220 g/mol. The van der Waals surface area contributed by atoms with Gasteiger partial charge in [0.05, 0.1) is 0 Å². The first-order valence-electron chi connectivity index (χ1n) is 5.47. The minimum atomic E-state index is -0.779. The van der Waals surface area contributed by atoms with Crippen LogP contribution in [-0.2, 0) is 24.7 Å². The van der Waals surface area contributed by atoms with E-state index in [-0.39, 0.29) is 18.0 Å². The number of ether oxygens (including phenoxy) is 2. The molecule has 0 heterocycles. The zero-order chi connectivity index (χ0) is 12.5. The van der Waals surface area contributed by atoms with E-state index in [1.54, 1.807) is 0 Å². The fraction of sp³-hybridized carbons (Fsp3) is 0.385. The molecule has 0 N–H and O–H groups in total. The summed E-state index contributed by atoms with van der Waals surface area (Å²) in [6.07, 6.45) is 0.155. The first-order chi connectivity index (χ1) is 8.04. The van der Waals surface area contributed by atoms with E-state index in [2.05, 4.69) is 0 Å². The van der Waals surface area contributed by atoms with Gasteiger partial charge in [0.2, 0.25) is 0 Å². The van der Waals surface area contributed by atoms with Gasteiger partial charge in [0.25, 0.3) is 0 Å². The Labute approximate surface area is 99.5 Å². The Hall–Kier alpha value is -1.84. The van der Waals surface area contributed by atoms with Crippen molar-refractivity contribution < 1.29 is 19.1 Å². The quantitative estimate of drug-likeness (QED) is 0.748. The molecule has 0 unspecified atom stereocenters. The third-order valence-electron chi connectivity index (χ3n) is 2.75. The largest absolute Gasteiger partial charge is 0.458 e. The SMILES string of the molecule is CC(=O)O[C@@H]1C[C@@]1(OC(C)=O)c1ccccc1. The summed E-state index contributed by atoms with van der Waals surface area (Å²) in [5.41, 5.74) is 0.0834. The molecule has 17 heavy (non-hydrogen) atoms. The highest BCUT2D eigenvalue weighted by Crippen LogP contribution is 2.51. The fourth-order valence-electron chi connectivity index (χ4n) is 2.00. The zero-order valence-corrected chi connectivity index (χ0v) is 9.80. The Kier molecular flexibility index (Phi) is 2.88. The van der Waals surface area contributed by atoms with Crippen LogP contribution in [0.1, 0.15) is 25.8 Å². The maximum absolute atomic E-state index is 11.1. The molecule has 1 aliphatic rings. The lowest BCUT2D eigenvalue weighted by atomic mass is 10.1. The molecule has 4 nitrogen and oxygen atoms in total. The van der Waals surface area contributed by atoms with E-state index >= 15 is 0 Å². The summed E-state index contributed by atoms with van der Waals surface area (Å²) in [6, 6.07) is 9.35. The van der Waals surface area contributed by atoms with Gasteiger partial charge in [-0.1, -0.05) is 30.3 Å². The molecule has 0 spiro atoms. The van der Waals surface area contributed by atoms with Crippen LogP contribution in [0.3, 0.4) is 0 Å². The minimum Gasteiger partial charge on any atom is -0.458 e. The lowest BCUT2D eigenvalue weighted by molar-refractivity contribution is -0.157. The monoisotopic (exact) mass is 234 g/mol. The van der Waals surface area contributed by atoms with Crippen molar-refractivity contribution in [2.75, 3.05) is 0 Å². The van der Waals surface area contributed by atoms with Crippen LogP contribution in [0.2, 0.25) is 0 Å². The Morgan fingerprint density at radius 1 is 1.18 bits per heavy atom. The van der Waals surface area contributed by atoms with Gasteiger partial charge in [0.15, 0.2) is 11.7 Å². The molecule has 90 valence electrons. The summed E-state index contributed by atoms with van der Waals surface area (Å²) in [6.45, 7) is 2.70. The van der Waals surface area contributed by atoms with Crippen molar-refractivity contribution in [1.29, 1.82) is 0 Å². The van der Waals surface area contributed by atoms with Crippen LogP contribution in [-0.4, -0.2) is 18.0 Å². The van der Waals surface area contributed by atoms with Gasteiger partial charge >= 0.3 is 11.9 Å². The molecule has 1 fully saturated rings. The first kappa shape index (κ1) is 11.6. The van der Waals surface area contributed by atoms with Crippen molar-refractivity contribution in [2.24, 2.45) is 0 Å². The second-order valence-electron chi connectivity index (χ2n) is 4.15. The predicted octanol–water partition coefficient (Wildman–Crippen LogP) is 1.78. The molecule has 1 aromatic carbocycles. The number of benzene rings is 1. The van der Waals surface area contributed by atoms with Crippen LogP contribution in [0.5, 0.6) is 0 Å². The van der Waals surface area contributed by atoms with Gasteiger partial charge in [-0.3, -0.25) is 9.59 Å². The van der Waals surface area contributed by atoms with Crippen molar-refractivity contribution >= 4 is 11.9 Å². The topological polar surface area (TPSA) is 52.6 Å². The van der Waals surface area contributed by atoms with Crippen LogP contribution in [0, 0.1) is 0 Å². The van der Waals surface area contributed by atoms with Crippen LogP contribution < -0.4 is 0 Å². The Balaban J connectivity index is 2.22. The maximum atomic E-state index is 11.1. The highest BCUT2D eigenvalue weighted by Gasteiger charge is 2.62. The van der Waals surface area contributed by atoms with E-state index in [9.17, 15) is 9.59 Å². The summed E-state index contributed by atoms with van der Waals surface area (Å²) in [4.78, 5) is 22.1. The van der Waals surface area contributed by atoms with Gasteiger partial charge in [-0.05, 0) is 5.56 Å². The second-order valence-corrected chi connectivity index (χ2v) is 4.15. The first-order valence-corrected chi connectivity index (χ1v) is 5.47. The Bertz CT molecular complexity index is 440. The van der Waals surface area contributed by atoms with E-state index in [4.69, 9.17) is 9.47 Å². The molecule has 2 rings (SSSR count). The van der Waals surface area contributed by atoms with Crippen LogP contribution in [0.15, 0.2) is 30.3 Å². The average Bonchev–Trinajstić information content (AvgIpc) is 2.91. The molecule has 2 atom stereocenters. The van der Waals surface area contributed by atoms with E-state index in [1.807, 2.05) is 30.3 Å². The lowest BCUT2D eigenvalue weighted by Gasteiger charge is -2.17. The van der Waals surface area contributed by atoms with E-state index in [0.29, 0.717) is 6.42 Å². The number of carbonyl (C=O) groups excluding carboxylic acids is 2. The summed E-state index contributed by atoms with van der Waals surface area (Å²) in [5, 5.41) is 0. The average molecular weight is 234 g/mol.